The predicted octanol–water partition coefficient (Wildman–Crippen LogP) is 6.50. The van der Waals surface area contributed by atoms with Gasteiger partial charge in [-0.15, -0.1) is 11.3 Å². The number of hydrogen-bond donors (Lipinski definition) is 0. The Kier molecular flexibility index (Phi) is 6.25. The van der Waals surface area contributed by atoms with Gasteiger partial charge in [0.1, 0.15) is 5.75 Å². The van der Waals surface area contributed by atoms with Crippen LogP contribution in [0.2, 0.25) is 5.54 Å². The molecule has 4 aromatic rings. The minimum atomic E-state index is -2.78. The van der Waals surface area contributed by atoms with E-state index >= 15 is 0 Å². The number of benzene rings is 3. The highest BCUT2D eigenvalue weighted by atomic mass is 79.9. The van der Waals surface area contributed by atoms with Gasteiger partial charge in [-0.25, -0.2) is 0 Å². The molecule has 0 aliphatic rings. The first-order valence-electron chi connectivity index (χ1n) is 9.63. The van der Waals surface area contributed by atoms with E-state index in [1.54, 1.807) is 11.3 Å². The maximum Gasteiger partial charge on any atom is 0.317 e. The molecule has 0 radical (unpaired) electrons. The van der Waals surface area contributed by atoms with Gasteiger partial charge in [0.25, 0.3) is 0 Å². The van der Waals surface area contributed by atoms with Gasteiger partial charge in [0.05, 0.1) is 0 Å². The van der Waals surface area contributed by atoms with Crippen molar-refractivity contribution in [2.24, 2.45) is 5.11 Å². The molecule has 0 fully saturated rings. The lowest BCUT2D eigenvalue weighted by atomic mass is 10.2. The van der Waals surface area contributed by atoms with E-state index in [1.165, 1.54) is 10.1 Å². The maximum atomic E-state index is 8.96. The monoisotopic (exact) mass is 493 g/mol. The summed E-state index contributed by atoms with van der Waals surface area (Å²) in [7, 11) is -2.78. The lowest BCUT2D eigenvalue weighted by Crippen LogP contribution is -2.66. The number of thiophene rings is 1. The van der Waals surface area contributed by atoms with Crippen molar-refractivity contribution in [2.45, 2.75) is 12.5 Å². The van der Waals surface area contributed by atoms with Gasteiger partial charge >= 0.3 is 8.32 Å². The lowest BCUT2D eigenvalue weighted by molar-refractivity contribution is 0.544. The number of rotatable bonds is 7. The highest BCUT2D eigenvalue weighted by Gasteiger charge is 2.46. The zero-order chi connectivity index (χ0) is 21.0. The Labute approximate surface area is 189 Å². The fourth-order valence-corrected chi connectivity index (χ4v) is 9.56. The molecule has 30 heavy (non-hydrogen) atoms. The number of azide groups is 1. The molecule has 0 bridgehead atoms. The molecule has 3 aromatic carbocycles. The van der Waals surface area contributed by atoms with E-state index in [2.05, 4.69) is 74.7 Å². The predicted molar refractivity (Wildman–Crippen MR) is 131 cm³/mol. The van der Waals surface area contributed by atoms with Gasteiger partial charge in [-0.3, -0.25) is 0 Å². The third kappa shape index (κ3) is 3.89. The van der Waals surface area contributed by atoms with Gasteiger partial charge < -0.3 is 4.43 Å². The summed E-state index contributed by atoms with van der Waals surface area (Å²) in [6.45, 7) is 2.50. The van der Waals surface area contributed by atoms with Gasteiger partial charge in [-0.2, -0.15) is 0 Å². The molecule has 0 saturated heterocycles. The zero-order valence-electron chi connectivity index (χ0n) is 16.4. The first-order chi connectivity index (χ1) is 14.6. The van der Waals surface area contributed by atoms with Crippen LogP contribution < -0.4 is 14.8 Å². The largest absolute Gasteiger partial charge is 0.534 e. The van der Waals surface area contributed by atoms with E-state index in [0.29, 0.717) is 6.54 Å². The van der Waals surface area contributed by atoms with E-state index in [1.807, 2.05) is 42.5 Å². The fraction of sp³-hybridized carbons (Fsp3) is 0.130. The Morgan fingerprint density at radius 1 is 1.03 bits per heavy atom. The highest BCUT2D eigenvalue weighted by Crippen LogP contribution is 2.34. The molecule has 0 saturated carbocycles. The fourth-order valence-electron chi connectivity index (χ4n) is 3.84. The molecular weight excluding hydrogens is 474 g/mol. The number of nitrogens with zero attached hydrogens (tertiary/aromatic N) is 3. The molecule has 4 rings (SSSR count). The summed E-state index contributed by atoms with van der Waals surface area (Å²) in [6, 6.07) is 27.0. The van der Waals surface area contributed by atoms with Crippen LogP contribution in [0, 0.1) is 0 Å². The third-order valence-corrected chi connectivity index (χ3v) is 11.7. The summed E-state index contributed by atoms with van der Waals surface area (Å²) < 4.78 is 9.27. The minimum Gasteiger partial charge on any atom is -0.534 e. The molecule has 0 aliphatic carbocycles. The molecule has 0 amide bonds. The lowest BCUT2D eigenvalue weighted by Gasteiger charge is -2.37. The van der Waals surface area contributed by atoms with Crippen molar-refractivity contribution in [1.82, 2.24) is 0 Å². The van der Waals surface area contributed by atoms with Crippen LogP contribution in [0.5, 0.6) is 5.75 Å². The van der Waals surface area contributed by atoms with Crippen molar-refractivity contribution >= 4 is 56.0 Å². The summed E-state index contributed by atoms with van der Waals surface area (Å²) >= 11 is 5.30. The molecule has 1 atom stereocenters. The average molecular weight is 494 g/mol. The van der Waals surface area contributed by atoms with E-state index in [4.69, 9.17) is 9.96 Å². The molecule has 1 aromatic heterocycles. The second-order valence-electron chi connectivity index (χ2n) is 7.13. The van der Waals surface area contributed by atoms with Crippen molar-refractivity contribution in [2.75, 3.05) is 6.54 Å². The smallest absolute Gasteiger partial charge is 0.317 e. The van der Waals surface area contributed by atoms with E-state index in [9.17, 15) is 0 Å². The van der Waals surface area contributed by atoms with Gasteiger partial charge in [0, 0.05) is 31.4 Å². The summed E-state index contributed by atoms with van der Waals surface area (Å²) in [5.41, 5.74) is 8.99. The zero-order valence-corrected chi connectivity index (χ0v) is 19.8. The highest BCUT2D eigenvalue weighted by molar-refractivity contribution is 9.10. The van der Waals surface area contributed by atoms with Crippen LogP contribution in [0.25, 0.3) is 20.5 Å². The van der Waals surface area contributed by atoms with Crippen molar-refractivity contribution in [3.63, 3.8) is 0 Å². The van der Waals surface area contributed by atoms with Crippen LogP contribution in [-0.4, -0.2) is 14.9 Å². The molecule has 0 N–H and O–H groups in total. The van der Waals surface area contributed by atoms with Crippen LogP contribution in [0.4, 0.5) is 0 Å². The van der Waals surface area contributed by atoms with Crippen molar-refractivity contribution in [1.29, 1.82) is 0 Å². The van der Waals surface area contributed by atoms with Crippen molar-refractivity contribution in [3.8, 4) is 5.75 Å². The normalized spacial score (nSPS) is 12.3. The van der Waals surface area contributed by atoms with Crippen LogP contribution >= 0.6 is 27.3 Å². The second kappa shape index (κ2) is 9.06. The van der Waals surface area contributed by atoms with E-state index in [-0.39, 0.29) is 5.54 Å². The quantitative estimate of drug-likeness (QED) is 0.125. The molecule has 4 nitrogen and oxygen atoms in total. The van der Waals surface area contributed by atoms with Gasteiger partial charge in [0.15, 0.2) is 0 Å². The Balaban J connectivity index is 1.91. The van der Waals surface area contributed by atoms with Crippen molar-refractivity contribution in [3.05, 3.63) is 99.2 Å². The molecule has 1 unspecified atom stereocenters. The topological polar surface area (TPSA) is 58.0 Å². The summed E-state index contributed by atoms with van der Waals surface area (Å²) in [5, 5.41) is 9.50. The molecular formula is C23H20BrN3OSSi. The summed E-state index contributed by atoms with van der Waals surface area (Å²) in [4.78, 5) is 3.02. The van der Waals surface area contributed by atoms with Crippen LogP contribution in [0.1, 0.15) is 6.92 Å². The Hall–Kier alpha value is -2.57. The Morgan fingerprint density at radius 2 is 1.67 bits per heavy atom. The van der Waals surface area contributed by atoms with Gasteiger partial charge in [-0.05, 0) is 55.6 Å². The standard InChI is InChI=1S/C23H20BrN3OSSi/c1-17(15-26-27-25)30(19-8-4-2-5-9-19,20-10-6-3-7-11-20)28-18-12-13-21-22(24)16-29-23(21)14-18/h2-14,16-17H,15H2,1H3. The van der Waals surface area contributed by atoms with Crippen molar-refractivity contribution < 1.29 is 4.43 Å². The first kappa shape index (κ1) is 20.7. The molecule has 0 spiro atoms. The number of hydrogen-bond acceptors (Lipinski definition) is 3. The minimum absolute atomic E-state index is 0.0315. The number of fused-ring (bicyclic) bond motifs is 1. The molecule has 150 valence electrons. The van der Waals surface area contributed by atoms with E-state index < -0.39 is 8.32 Å². The van der Waals surface area contributed by atoms with Gasteiger partial charge in [0.2, 0.25) is 0 Å². The van der Waals surface area contributed by atoms with Crippen LogP contribution in [0.15, 0.2) is 93.8 Å². The Bertz CT molecular complexity index is 1150. The van der Waals surface area contributed by atoms with Gasteiger partial charge in [-0.1, -0.05) is 72.7 Å². The average Bonchev–Trinajstić information content (AvgIpc) is 3.17. The number of halogens is 1. The second-order valence-corrected chi connectivity index (χ2v) is 12.7. The first-order valence-corrected chi connectivity index (χ1v) is 13.3. The van der Waals surface area contributed by atoms with Crippen LogP contribution in [0.3, 0.4) is 0 Å². The summed E-state index contributed by atoms with van der Waals surface area (Å²) in [5.74, 6) is 0.837. The molecule has 7 heteroatoms. The van der Waals surface area contributed by atoms with E-state index in [0.717, 1.165) is 20.6 Å². The summed E-state index contributed by atoms with van der Waals surface area (Å²) in [6.07, 6.45) is 0. The molecule has 0 aliphatic heterocycles. The Morgan fingerprint density at radius 3 is 2.27 bits per heavy atom. The van der Waals surface area contributed by atoms with Crippen LogP contribution in [-0.2, 0) is 0 Å². The third-order valence-electron chi connectivity index (χ3n) is 5.30. The SMILES string of the molecule is CC(CN=[N+]=[N-])[Si](Oc1ccc2c(Br)csc2c1)(c1ccccc1)c1ccccc1. The maximum absolute atomic E-state index is 8.96. The molecule has 1 heterocycles.